The fourth-order valence-corrected chi connectivity index (χ4v) is 17.7. The van der Waals surface area contributed by atoms with Crippen LogP contribution in [0.25, 0.3) is 0 Å². The lowest BCUT2D eigenvalue weighted by Crippen LogP contribution is -2.51. The zero-order chi connectivity index (χ0) is 114. The lowest BCUT2D eigenvalue weighted by atomic mass is 9.78. The van der Waals surface area contributed by atoms with Gasteiger partial charge in [0.1, 0.15) is 29.2 Å². The van der Waals surface area contributed by atoms with Gasteiger partial charge in [0.15, 0.2) is 33.6 Å². The third kappa shape index (κ3) is 51.6. The van der Waals surface area contributed by atoms with Crippen molar-refractivity contribution >= 4 is 162 Å². The van der Waals surface area contributed by atoms with Gasteiger partial charge >= 0.3 is 24.1 Å². The summed E-state index contributed by atoms with van der Waals surface area (Å²) in [5.41, 5.74) is 23.0. The number of amides is 20. The quantitative estimate of drug-likeness (QED) is 0.0236. The largest absolute Gasteiger partial charge is 0.394 e. The molecule has 4 rings (SSSR count). The predicted molar refractivity (Wildman–Crippen MR) is 545 cm³/mol. The number of nitrogens with two attached hydrogens (primary N) is 5. The third-order valence-electron chi connectivity index (χ3n) is 24.3. The minimum absolute atomic E-state index is 0.00612. The molecule has 838 valence electrons. The lowest BCUT2D eigenvalue weighted by Gasteiger charge is -2.28. The number of imide groups is 4. The van der Waals surface area contributed by atoms with Gasteiger partial charge in [-0.1, -0.05) is 124 Å². The molecule has 4 heterocycles. The summed E-state index contributed by atoms with van der Waals surface area (Å²) < 4.78 is 67.1. The van der Waals surface area contributed by atoms with Gasteiger partial charge in [-0.05, 0) is 128 Å². The van der Waals surface area contributed by atoms with Crippen LogP contribution >= 0.6 is 0 Å². The summed E-state index contributed by atoms with van der Waals surface area (Å²) >= 11 is 0. The molecule has 0 saturated heterocycles. The van der Waals surface area contributed by atoms with E-state index in [2.05, 4.69) is 42.5 Å². The van der Waals surface area contributed by atoms with Gasteiger partial charge in [0.05, 0.1) is 24.7 Å². The molecule has 0 spiro atoms. The number of carbonyl (C=O) groups excluding carboxylic acids is 24. The van der Waals surface area contributed by atoms with E-state index in [9.17, 15) is 146 Å². The lowest BCUT2D eigenvalue weighted by molar-refractivity contribution is -0.138. The van der Waals surface area contributed by atoms with Gasteiger partial charge in [0, 0.05) is 185 Å². The molecule has 0 bridgehead atoms. The Balaban J connectivity index is 0.000000994. The summed E-state index contributed by atoms with van der Waals surface area (Å²) in [6.07, 6.45) is 15.7. The van der Waals surface area contributed by atoms with Gasteiger partial charge in [0.25, 0.3) is 67.5 Å². The number of aliphatic hydroxyl groups is 1. The van der Waals surface area contributed by atoms with E-state index < -0.39 is 227 Å². The van der Waals surface area contributed by atoms with Gasteiger partial charge in [-0.25, -0.2) is 19.2 Å². The van der Waals surface area contributed by atoms with Crippen molar-refractivity contribution in [3.63, 3.8) is 0 Å². The summed E-state index contributed by atoms with van der Waals surface area (Å²) in [5, 5.41) is 25.5. The maximum Gasteiger partial charge on any atom is 0.312 e. The van der Waals surface area contributed by atoms with Crippen molar-refractivity contribution in [3.05, 3.63) is 48.6 Å². The van der Waals surface area contributed by atoms with Crippen LogP contribution in [0, 0.1) is 57.2 Å². The van der Waals surface area contributed by atoms with Crippen LogP contribution in [0.1, 0.15) is 271 Å². The van der Waals surface area contributed by atoms with Crippen molar-refractivity contribution in [3.8, 4) is 0 Å². The van der Waals surface area contributed by atoms with Crippen molar-refractivity contribution in [1.29, 1.82) is 0 Å². The number of unbranched alkanes of at least 4 members (excludes halogenated alkanes) is 5. The molecule has 20 amide bonds. The first-order valence-corrected chi connectivity index (χ1v) is 52.9. The van der Waals surface area contributed by atoms with Gasteiger partial charge < -0.3 is 76.3 Å². The Morgan fingerprint density at radius 2 is 0.557 bits per heavy atom. The van der Waals surface area contributed by atoms with Crippen molar-refractivity contribution in [2.75, 3.05) is 65.5 Å². The Morgan fingerprint density at radius 1 is 0.315 bits per heavy atom. The Kier molecular flexibility index (Phi) is 58.6. The molecular weight excluding hydrogens is 1990 g/mol. The SMILES string of the molecule is CC(C)(C)C(=O)[C@H](CCCNC(N)=O)CC(=O)[C@H](CCCCN)NC(=O)CCCCCN1C(=O)C=CC1=O.CC(C)(C)C(=O)[C@H](CCCNC(N)=O)CC(=O)[C@H](CO)NC(=O)CCCCCN1C(=O)C=CC1=O.CC(C)[C@H](NC(=O)[C@@H](CCN1C(=O)C=CC1=O)S(=O)(=O)O)C(=O)C[C@@H](CCCNC(N)=O)C(=O)C(C)(C)C.CC(C)[C@H](NC(=O)[C@H](CCN1C(=O)C=CC1=O)S(=O)(=O)O)C(=O)C[C@@H](CCCNC(N)=O)C(=O)C(C)(C)C. The smallest absolute Gasteiger partial charge is 0.312 e. The number of Topliss-reactive ketones (excluding diaryl/α,β-unsaturated/α-hetero) is 8. The summed E-state index contributed by atoms with van der Waals surface area (Å²) in [6, 6.07) is -6.93. The number of urea groups is 4. The number of nitrogens with zero attached hydrogens (tertiary/aromatic N) is 4. The van der Waals surface area contributed by atoms with E-state index in [1.54, 1.807) is 111 Å². The number of hydrogen-bond acceptors (Lipinski definition) is 30. The first-order valence-electron chi connectivity index (χ1n) is 49.9. The molecule has 0 saturated carbocycles. The molecule has 0 aromatic heterocycles. The van der Waals surface area contributed by atoms with Crippen LogP contribution in [0.5, 0.6) is 0 Å². The molecule has 50 heteroatoms. The highest BCUT2D eigenvalue weighted by Gasteiger charge is 2.43. The normalized spacial score (nSPS) is 15.7. The molecular formula is C99H159N17O31S2. The van der Waals surface area contributed by atoms with Crippen LogP contribution in [0.2, 0.25) is 0 Å². The number of hydrogen-bond donors (Lipinski definition) is 16. The van der Waals surface area contributed by atoms with Crippen LogP contribution in [-0.4, -0.2) is 292 Å². The van der Waals surface area contributed by atoms with Crippen molar-refractivity contribution in [1.82, 2.24) is 62.1 Å². The van der Waals surface area contributed by atoms with E-state index in [1.165, 1.54) is 29.2 Å². The number of primary amides is 4. The molecule has 0 unspecified atom stereocenters. The van der Waals surface area contributed by atoms with Crippen molar-refractivity contribution < 1.29 is 146 Å². The fraction of sp³-hybridized carbons (Fsp3) is 0.677. The molecule has 0 radical (unpaired) electrons. The molecule has 4 aliphatic rings. The van der Waals surface area contributed by atoms with E-state index in [1.807, 2.05) is 0 Å². The minimum atomic E-state index is -4.96. The second-order valence-corrected chi connectivity index (χ2v) is 44.9. The first kappa shape index (κ1) is 135. The van der Waals surface area contributed by atoms with Crippen LogP contribution in [0.3, 0.4) is 0 Å². The van der Waals surface area contributed by atoms with Crippen LogP contribution in [0.15, 0.2) is 48.6 Å². The highest BCUT2D eigenvalue weighted by atomic mass is 32.2. The van der Waals surface area contributed by atoms with E-state index in [0.717, 1.165) is 39.0 Å². The molecule has 0 aliphatic carbocycles. The monoisotopic (exact) mass is 2150 g/mol. The molecule has 0 fully saturated rings. The van der Waals surface area contributed by atoms with E-state index in [0.29, 0.717) is 116 Å². The van der Waals surface area contributed by atoms with Crippen molar-refractivity contribution in [2.24, 2.45) is 85.8 Å². The third-order valence-corrected chi connectivity index (χ3v) is 26.6. The molecule has 10 atom stereocenters. The molecule has 21 N–H and O–H groups in total. The highest BCUT2D eigenvalue weighted by molar-refractivity contribution is 7.87. The second-order valence-electron chi connectivity index (χ2n) is 41.7. The maximum absolute atomic E-state index is 13.3. The molecule has 0 aromatic carbocycles. The topological polar surface area (TPSA) is 778 Å². The van der Waals surface area contributed by atoms with E-state index >= 15 is 0 Å². The average Bonchev–Trinajstić information content (AvgIpc) is 1.82. The Labute approximate surface area is 871 Å². The fourth-order valence-electron chi connectivity index (χ4n) is 16.2. The number of nitrogens with one attached hydrogen (secondary N) is 8. The Morgan fingerprint density at radius 3 is 0.785 bits per heavy atom. The molecule has 0 aromatic rings. The number of ketones is 8. The number of carbonyl (C=O) groups is 24. The summed E-state index contributed by atoms with van der Waals surface area (Å²) in [5.74, 6) is -12.8. The van der Waals surface area contributed by atoms with Gasteiger partial charge in [0.2, 0.25) is 23.6 Å². The van der Waals surface area contributed by atoms with Crippen LogP contribution in [0.4, 0.5) is 19.2 Å². The zero-order valence-corrected chi connectivity index (χ0v) is 90.2. The van der Waals surface area contributed by atoms with Gasteiger partial charge in [-0.3, -0.25) is 125 Å². The second kappa shape index (κ2) is 64.9. The Hall–Kier alpha value is -12.4. The molecule has 4 aliphatic heterocycles. The minimum Gasteiger partial charge on any atom is -0.394 e. The standard InChI is InChI=1S/C27H45N5O6.2C24H38N4O9S.C24H38N4O7/c1-27(2,3)25(37)19(10-9-16-30-26(29)38)18-21(33)20(11-6-7-15-28)31-22(34)12-5-4-8-17-32-23(35)13-14-24(32)36;2*1-14(2)20(16(29)13-15(21(32)24(3,4)5)7-6-11-26-23(25)34)27-22(33)17(38(35,36)37)10-12-28-18(30)8-9-19(28)31;1-24(2,3)22(34)16(8-7-12-26-23(25)35)14-18(30)17(15-29)27-19(31)9-5-4-6-13-28-20(32)10-11-21(28)33/h13-14,19-20H,4-12,15-18,28H2,1-3H3,(H,31,34)(H3,29,30,38);2*8-9,14-15,17,20H,6-7,10-13H2,1-5H3,(H,27,33)(H3,25,26,34)(H,35,36,37);10-11,16-17,29H,4-9,12-15H2,1-3H3,(H,27,31)(H3,25,26,35)/t19-,20+;15-,17+,20+;15-,17-,20+;16-,17+/m1111/s1. The van der Waals surface area contributed by atoms with Gasteiger partial charge in [-0.2, -0.15) is 16.8 Å². The summed E-state index contributed by atoms with van der Waals surface area (Å²) in [4.78, 5) is 296. The van der Waals surface area contributed by atoms with E-state index in [-0.39, 0.29) is 136 Å². The average molecular weight is 2150 g/mol. The van der Waals surface area contributed by atoms with Crippen molar-refractivity contribution in [2.45, 2.75) is 306 Å². The Bertz CT molecular complexity index is 4860. The molecule has 149 heavy (non-hydrogen) atoms. The maximum atomic E-state index is 13.3. The number of aliphatic hydroxyl groups excluding tert-OH is 1. The van der Waals surface area contributed by atoms with Gasteiger partial charge in [-0.15, -0.1) is 0 Å². The van der Waals surface area contributed by atoms with Crippen LogP contribution < -0.4 is 71.2 Å². The summed E-state index contributed by atoms with van der Waals surface area (Å²) in [7, 11) is -9.91. The number of rotatable bonds is 65. The van der Waals surface area contributed by atoms with Crippen LogP contribution in [-0.2, 0) is 116 Å². The van der Waals surface area contributed by atoms with E-state index in [4.69, 9.17) is 28.7 Å². The molecule has 48 nitrogen and oxygen atoms in total. The zero-order valence-electron chi connectivity index (χ0n) is 88.6. The predicted octanol–water partition coefficient (Wildman–Crippen LogP) is 2.99. The first-order chi connectivity index (χ1) is 68.9. The highest BCUT2D eigenvalue weighted by Crippen LogP contribution is 2.32. The summed E-state index contributed by atoms with van der Waals surface area (Å²) in [6.45, 7) is 28.0.